The van der Waals surface area contributed by atoms with Gasteiger partial charge in [0.15, 0.2) is 0 Å². The van der Waals surface area contributed by atoms with Crippen LogP contribution in [0.2, 0.25) is 0 Å². The van der Waals surface area contributed by atoms with E-state index in [1.165, 1.54) is 0 Å². The number of allylic oxidation sites excluding steroid dienone is 1. The number of nitrogen functional groups attached to an aromatic ring is 1. The fraction of sp³-hybridized carbons (Fsp3) is 0.400. The molecule has 0 fully saturated rings. The molecule has 0 aliphatic carbocycles. The van der Waals surface area contributed by atoms with Gasteiger partial charge in [-0.05, 0) is 19.8 Å². The van der Waals surface area contributed by atoms with Gasteiger partial charge in [0.2, 0.25) is 11.8 Å². The second kappa shape index (κ2) is 5.21. The van der Waals surface area contributed by atoms with Gasteiger partial charge < -0.3 is 10.5 Å². The topological polar surface area (TPSA) is 61.0 Å². The zero-order valence-electron chi connectivity index (χ0n) is 8.36. The van der Waals surface area contributed by atoms with Crippen LogP contribution in [0.25, 0.3) is 0 Å². The van der Waals surface area contributed by atoms with E-state index in [1.54, 1.807) is 6.20 Å². The maximum absolute atomic E-state index is 5.44. The summed E-state index contributed by atoms with van der Waals surface area (Å²) in [4.78, 5) is 7.84. The highest BCUT2D eigenvalue weighted by Crippen LogP contribution is 2.13. The average molecular weight is 193 g/mol. The maximum Gasteiger partial charge on any atom is 0.223 e. The van der Waals surface area contributed by atoms with Gasteiger partial charge in [0, 0.05) is 11.8 Å². The van der Waals surface area contributed by atoms with Crippen LogP contribution in [0.3, 0.4) is 0 Å². The maximum atomic E-state index is 5.44. The van der Waals surface area contributed by atoms with Gasteiger partial charge in [-0.2, -0.15) is 4.98 Å². The number of aromatic nitrogens is 2. The minimum absolute atomic E-state index is 0.245. The van der Waals surface area contributed by atoms with Crippen molar-refractivity contribution in [1.29, 1.82) is 0 Å². The van der Waals surface area contributed by atoms with Crippen LogP contribution >= 0.6 is 0 Å². The lowest BCUT2D eigenvalue weighted by molar-refractivity contribution is 0.298. The van der Waals surface area contributed by atoms with Crippen LogP contribution in [-0.4, -0.2) is 16.6 Å². The summed E-state index contributed by atoms with van der Waals surface area (Å²) in [6, 6.07) is 0. The van der Waals surface area contributed by atoms with Crippen LogP contribution in [0.5, 0.6) is 5.88 Å². The Bertz CT molecular complexity index is 312. The SMILES string of the molecule is C=CCCCOc1nc(N)ncc1C. The van der Waals surface area contributed by atoms with Crippen molar-refractivity contribution in [3.63, 3.8) is 0 Å². The molecule has 0 bridgehead atoms. The zero-order chi connectivity index (χ0) is 10.4. The molecule has 76 valence electrons. The standard InChI is InChI=1S/C10H15N3O/c1-3-4-5-6-14-9-8(2)7-12-10(11)13-9/h3,7H,1,4-6H2,2H3,(H2,11,12,13). The summed E-state index contributed by atoms with van der Waals surface area (Å²) >= 11 is 0. The predicted octanol–water partition coefficient (Wildman–Crippen LogP) is 1.71. The highest BCUT2D eigenvalue weighted by atomic mass is 16.5. The molecule has 4 heteroatoms. The van der Waals surface area contributed by atoms with Crippen LogP contribution in [0.1, 0.15) is 18.4 Å². The second-order valence-electron chi connectivity index (χ2n) is 3.00. The van der Waals surface area contributed by atoms with E-state index < -0.39 is 0 Å². The molecule has 0 aliphatic heterocycles. The molecule has 4 nitrogen and oxygen atoms in total. The van der Waals surface area contributed by atoms with E-state index in [2.05, 4.69) is 16.5 Å². The summed E-state index contributed by atoms with van der Waals surface area (Å²) in [6.07, 6.45) is 5.40. The Kier molecular flexibility index (Phi) is 3.91. The van der Waals surface area contributed by atoms with Crippen molar-refractivity contribution >= 4 is 5.95 Å². The monoisotopic (exact) mass is 193 g/mol. The summed E-state index contributed by atoms with van der Waals surface area (Å²) in [5.41, 5.74) is 6.34. The molecule has 0 atom stereocenters. The average Bonchev–Trinajstić information content (AvgIpc) is 2.18. The molecule has 0 spiro atoms. The van der Waals surface area contributed by atoms with Crippen LogP contribution in [0.15, 0.2) is 18.9 Å². The molecule has 0 aliphatic rings. The largest absolute Gasteiger partial charge is 0.477 e. The molecule has 0 aromatic carbocycles. The molecule has 0 amide bonds. The fourth-order valence-corrected chi connectivity index (χ4v) is 0.982. The molecule has 0 radical (unpaired) electrons. The molecule has 14 heavy (non-hydrogen) atoms. The third-order valence-corrected chi connectivity index (χ3v) is 1.74. The van der Waals surface area contributed by atoms with Crippen molar-refractivity contribution < 1.29 is 4.74 Å². The summed E-state index contributed by atoms with van der Waals surface area (Å²) in [5, 5.41) is 0. The summed E-state index contributed by atoms with van der Waals surface area (Å²) in [6.45, 7) is 6.16. The van der Waals surface area contributed by atoms with E-state index in [0.717, 1.165) is 18.4 Å². The number of ether oxygens (including phenoxy) is 1. The lowest BCUT2D eigenvalue weighted by Gasteiger charge is -2.06. The molecule has 1 heterocycles. The van der Waals surface area contributed by atoms with Crippen LogP contribution in [-0.2, 0) is 0 Å². The highest BCUT2D eigenvalue weighted by molar-refractivity contribution is 5.28. The Morgan fingerprint density at radius 2 is 2.43 bits per heavy atom. The minimum Gasteiger partial charge on any atom is -0.477 e. The van der Waals surface area contributed by atoms with Gasteiger partial charge in [-0.25, -0.2) is 4.98 Å². The third-order valence-electron chi connectivity index (χ3n) is 1.74. The van der Waals surface area contributed by atoms with Gasteiger partial charge in [0.05, 0.1) is 6.61 Å². The van der Waals surface area contributed by atoms with E-state index in [4.69, 9.17) is 10.5 Å². The van der Waals surface area contributed by atoms with Crippen LogP contribution in [0, 0.1) is 6.92 Å². The lowest BCUT2D eigenvalue weighted by Crippen LogP contribution is -2.03. The summed E-state index contributed by atoms with van der Waals surface area (Å²) in [5.74, 6) is 0.816. The van der Waals surface area contributed by atoms with E-state index in [-0.39, 0.29) is 5.95 Å². The van der Waals surface area contributed by atoms with Crippen molar-refractivity contribution in [3.8, 4) is 5.88 Å². The van der Waals surface area contributed by atoms with Gasteiger partial charge in [-0.1, -0.05) is 6.08 Å². The third kappa shape index (κ3) is 3.05. The summed E-state index contributed by atoms with van der Waals surface area (Å²) in [7, 11) is 0. The van der Waals surface area contributed by atoms with Gasteiger partial charge in [-0.15, -0.1) is 6.58 Å². The van der Waals surface area contributed by atoms with Crippen molar-refractivity contribution in [2.24, 2.45) is 0 Å². The number of anilines is 1. The zero-order valence-corrected chi connectivity index (χ0v) is 8.36. The smallest absolute Gasteiger partial charge is 0.223 e. The van der Waals surface area contributed by atoms with E-state index in [9.17, 15) is 0 Å². The number of nitrogens with two attached hydrogens (primary N) is 1. The first-order valence-corrected chi connectivity index (χ1v) is 4.57. The molecule has 0 saturated carbocycles. The predicted molar refractivity (Wildman–Crippen MR) is 56.1 cm³/mol. The van der Waals surface area contributed by atoms with Gasteiger partial charge in [-0.3, -0.25) is 0 Å². The first-order chi connectivity index (χ1) is 6.74. The first kappa shape index (κ1) is 10.5. The van der Waals surface area contributed by atoms with E-state index in [0.29, 0.717) is 12.5 Å². The number of nitrogens with zero attached hydrogens (tertiary/aromatic N) is 2. The molecule has 0 unspecified atom stereocenters. The van der Waals surface area contributed by atoms with E-state index >= 15 is 0 Å². The molecule has 1 rings (SSSR count). The number of hydrogen-bond acceptors (Lipinski definition) is 4. The Morgan fingerprint density at radius 3 is 3.14 bits per heavy atom. The minimum atomic E-state index is 0.245. The molecule has 1 aromatic rings. The quantitative estimate of drug-likeness (QED) is 0.571. The number of hydrogen-bond donors (Lipinski definition) is 1. The molecule has 0 saturated heterocycles. The fourth-order valence-electron chi connectivity index (χ4n) is 0.982. The van der Waals surface area contributed by atoms with Crippen LogP contribution < -0.4 is 10.5 Å². The van der Waals surface area contributed by atoms with E-state index in [1.807, 2.05) is 13.0 Å². The number of unbranched alkanes of at least 4 members (excludes halogenated alkanes) is 1. The first-order valence-electron chi connectivity index (χ1n) is 4.57. The van der Waals surface area contributed by atoms with Gasteiger partial charge in [0.1, 0.15) is 0 Å². The second-order valence-corrected chi connectivity index (χ2v) is 3.00. The van der Waals surface area contributed by atoms with Crippen molar-refractivity contribution in [1.82, 2.24) is 9.97 Å². The Morgan fingerprint density at radius 1 is 1.64 bits per heavy atom. The molecular formula is C10H15N3O. The molecule has 2 N–H and O–H groups in total. The van der Waals surface area contributed by atoms with Crippen molar-refractivity contribution in [2.45, 2.75) is 19.8 Å². The highest BCUT2D eigenvalue weighted by Gasteiger charge is 2.01. The Balaban J connectivity index is 2.49. The van der Waals surface area contributed by atoms with Crippen molar-refractivity contribution in [2.75, 3.05) is 12.3 Å². The number of aryl methyl sites for hydroxylation is 1. The Hall–Kier alpha value is -1.58. The van der Waals surface area contributed by atoms with Gasteiger partial charge >= 0.3 is 0 Å². The van der Waals surface area contributed by atoms with Gasteiger partial charge in [0.25, 0.3) is 0 Å². The lowest BCUT2D eigenvalue weighted by atomic mass is 10.3. The summed E-state index contributed by atoms with van der Waals surface area (Å²) < 4.78 is 5.44. The van der Waals surface area contributed by atoms with Crippen molar-refractivity contribution in [3.05, 3.63) is 24.4 Å². The van der Waals surface area contributed by atoms with Crippen LogP contribution in [0.4, 0.5) is 5.95 Å². The Labute approximate surface area is 83.8 Å². The number of rotatable bonds is 5. The molecular weight excluding hydrogens is 178 g/mol. The normalized spacial score (nSPS) is 9.79. The molecule has 1 aromatic heterocycles.